The zero-order valence-electron chi connectivity index (χ0n) is 12.6. The minimum absolute atomic E-state index is 0.00950. The van der Waals surface area contributed by atoms with Gasteiger partial charge in [-0.2, -0.15) is 0 Å². The van der Waals surface area contributed by atoms with Gasteiger partial charge in [0.2, 0.25) is 5.91 Å². The van der Waals surface area contributed by atoms with Crippen LogP contribution in [-0.4, -0.2) is 41.8 Å². The summed E-state index contributed by atoms with van der Waals surface area (Å²) < 4.78 is 5.58. The maximum absolute atomic E-state index is 12.2. The first-order valence-electron chi connectivity index (χ1n) is 7.16. The van der Waals surface area contributed by atoms with Crippen LogP contribution < -0.4 is 11.1 Å². The molecule has 1 aliphatic rings. The number of rotatable bonds is 8. The number of amides is 1. The Hall–Kier alpha value is -1.14. The van der Waals surface area contributed by atoms with Crippen LogP contribution in [0.25, 0.3) is 0 Å². The first kappa shape index (κ1) is 16.9. The van der Waals surface area contributed by atoms with Crippen LogP contribution in [0, 0.1) is 5.41 Å². The second-order valence-corrected chi connectivity index (χ2v) is 5.95. The molecule has 1 amide bonds. The number of carboxylic acids is 1. The van der Waals surface area contributed by atoms with Crippen LogP contribution in [-0.2, 0) is 14.3 Å². The maximum atomic E-state index is 12.2. The van der Waals surface area contributed by atoms with Gasteiger partial charge in [0, 0.05) is 31.4 Å². The molecular weight excluding hydrogens is 260 g/mol. The van der Waals surface area contributed by atoms with Crippen LogP contribution in [0.3, 0.4) is 0 Å². The van der Waals surface area contributed by atoms with Crippen molar-refractivity contribution >= 4 is 11.9 Å². The van der Waals surface area contributed by atoms with Gasteiger partial charge in [0.25, 0.3) is 0 Å². The molecule has 116 valence electrons. The summed E-state index contributed by atoms with van der Waals surface area (Å²) in [6, 6.07) is 0. The van der Waals surface area contributed by atoms with E-state index in [9.17, 15) is 9.59 Å². The van der Waals surface area contributed by atoms with E-state index in [-0.39, 0.29) is 18.4 Å². The summed E-state index contributed by atoms with van der Waals surface area (Å²) in [7, 11) is 0. The number of carbonyl (C=O) groups excluding carboxylic acids is 1. The summed E-state index contributed by atoms with van der Waals surface area (Å²) >= 11 is 0. The quantitative estimate of drug-likeness (QED) is 0.575. The molecule has 1 aliphatic carbocycles. The number of hydrogen-bond donors (Lipinski definition) is 3. The molecule has 4 N–H and O–H groups in total. The first-order chi connectivity index (χ1) is 9.25. The number of hydrogen-bond acceptors (Lipinski definition) is 4. The Balaban J connectivity index is 2.38. The number of nitrogens with two attached hydrogens (primary N) is 1. The zero-order valence-corrected chi connectivity index (χ0v) is 12.6. The zero-order chi connectivity index (χ0) is 15.4. The predicted octanol–water partition coefficient (Wildman–Crippen LogP) is 0.890. The fraction of sp³-hybridized carbons (Fsp3) is 0.857. The molecule has 6 nitrogen and oxygen atoms in total. The van der Waals surface area contributed by atoms with Crippen molar-refractivity contribution in [1.82, 2.24) is 5.32 Å². The third kappa shape index (κ3) is 3.30. The lowest BCUT2D eigenvalue weighted by atomic mass is 9.54. The molecule has 6 heteroatoms. The van der Waals surface area contributed by atoms with Crippen LogP contribution in [0.2, 0.25) is 0 Å². The molecule has 0 spiro atoms. The van der Waals surface area contributed by atoms with Crippen molar-refractivity contribution in [2.24, 2.45) is 11.1 Å². The van der Waals surface area contributed by atoms with Gasteiger partial charge in [0.1, 0.15) is 5.54 Å². The number of unbranched alkanes of at least 4 members (excludes halogenated alkanes) is 1. The fourth-order valence-corrected chi connectivity index (χ4v) is 2.58. The van der Waals surface area contributed by atoms with Crippen molar-refractivity contribution < 1.29 is 19.4 Å². The largest absolute Gasteiger partial charge is 0.481 e. The first-order valence-corrected chi connectivity index (χ1v) is 7.16. The molecular formula is C14H26N2O4. The lowest BCUT2D eigenvalue weighted by Gasteiger charge is -2.57. The van der Waals surface area contributed by atoms with Gasteiger partial charge < -0.3 is 20.9 Å². The predicted molar refractivity (Wildman–Crippen MR) is 75.2 cm³/mol. The summed E-state index contributed by atoms with van der Waals surface area (Å²) in [5, 5.41) is 11.3. The average Bonchev–Trinajstić information content (AvgIpc) is 2.37. The van der Waals surface area contributed by atoms with E-state index in [1.54, 1.807) is 0 Å². The Morgan fingerprint density at radius 1 is 1.40 bits per heavy atom. The molecule has 0 heterocycles. The average molecular weight is 286 g/mol. The van der Waals surface area contributed by atoms with Crippen molar-refractivity contribution in [3.8, 4) is 0 Å². The molecule has 1 rings (SSSR count). The van der Waals surface area contributed by atoms with E-state index in [4.69, 9.17) is 15.6 Å². The van der Waals surface area contributed by atoms with Crippen molar-refractivity contribution in [1.29, 1.82) is 0 Å². The van der Waals surface area contributed by atoms with Crippen molar-refractivity contribution in [3.05, 3.63) is 0 Å². The van der Waals surface area contributed by atoms with E-state index in [2.05, 4.69) is 5.32 Å². The van der Waals surface area contributed by atoms with Gasteiger partial charge in [0.05, 0.1) is 6.10 Å². The highest BCUT2D eigenvalue weighted by atomic mass is 16.5. The lowest BCUT2D eigenvalue weighted by molar-refractivity contribution is -0.170. The molecule has 0 saturated heterocycles. The number of carboxylic acid groups (broad SMARTS) is 1. The Kier molecular flexibility index (Phi) is 5.53. The highest BCUT2D eigenvalue weighted by Gasteiger charge is 2.62. The number of aliphatic carboxylic acids is 1. The molecule has 2 unspecified atom stereocenters. The van der Waals surface area contributed by atoms with Crippen molar-refractivity contribution in [2.45, 2.75) is 58.1 Å². The molecule has 0 aromatic heterocycles. The van der Waals surface area contributed by atoms with Gasteiger partial charge >= 0.3 is 5.97 Å². The van der Waals surface area contributed by atoms with Crippen LogP contribution >= 0.6 is 0 Å². The molecule has 0 aromatic carbocycles. The minimum Gasteiger partial charge on any atom is -0.481 e. The third-order valence-corrected chi connectivity index (χ3v) is 4.34. The maximum Gasteiger partial charge on any atom is 0.303 e. The Morgan fingerprint density at radius 3 is 2.55 bits per heavy atom. The van der Waals surface area contributed by atoms with Gasteiger partial charge in [0.15, 0.2) is 0 Å². The van der Waals surface area contributed by atoms with Gasteiger partial charge in [-0.15, -0.1) is 0 Å². The summed E-state index contributed by atoms with van der Waals surface area (Å²) in [6.45, 7) is 6.89. The van der Waals surface area contributed by atoms with Gasteiger partial charge in [-0.3, -0.25) is 9.59 Å². The molecule has 0 aliphatic heterocycles. The van der Waals surface area contributed by atoms with E-state index in [1.165, 1.54) is 0 Å². The molecule has 2 atom stereocenters. The standard InChI is InChI=1S/C14H26N2O4/c1-4-20-10-9-14(15,13(10,2)3)12(19)16-8-6-5-7-11(17)18/h10H,4-9,15H2,1-3H3,(H,16,19)(H,17,18). The van der Waals surface area contributed by atoms with Crippen LogP contribution in [0.4, 0.5) is 0 Å². The van der Waals surface area contributed by atoms with Crippen molar-refractivity contribution in [3.63, 3.8) is 0 Å². The Labute approximate surface area is 120 Å². The van der Waals surface area contributed by atoms with E-state index < -0.39 is 16.9 Å². The van der Waals surface area contributed by atoms with Crippen LogP contribution in [0.1, 0.15) is 46.5 Å². The second kappa shape index (κ2) is 6.54. The van der Waals surface area contributed by atoms with Gasteiger partial charge in [-0.1, -0.05) is 13.8 Å². The highest BCUT2D eigenvalue weighted by Crippen LogP contribution is 2.49. The molecule has 1 saturated carbocycles. The van der Waals surface area contributed by atoms with Gasteiger partial charge in [-0.25, -0.2) is 0 Å². The highest BCUT2D eigenvalue weighted by molar-refractivity contribution is 5.88. The Morgan fingerprint density at radius 2 is 2.05 bits per heavy atom. The molecule has 0 aromatic rings. The lowest BCUT2D eigenvalue weighted by Crippen LogP contribution is -2.75. The minimum atomic E-state index is -0.903. The van der Waals surface area contributed by atoms with E-state index >= 15 is 0 Å². The summed E-state index contributed by atoms with van der Waals surface area (Å²) in [5.41, 5.74) is 4.92. The SMILES string of the molecule is CCOC1CC(N)(C(=O)NCCCCC(=O)O)C1(C)C. The molecule has 1 fully saturated rings. The second-order valence-electron chi connectivity index (χ2n) is 5.95. The smallest absolute Gasteiger partial charge is 0.303 e. The van der Waals surface area contributed by atoms with Gasteiger partial charge in [-0.05, 0) is 19.8 Å². The monoisotopic (exact) mass is 286 g/mol. The fourth-order valence-electron chi connectivity index (χ4n) is 2.58. The van der Waals surface area contributed by atoms with Crippen LogP contribution in [0.5, 0.6) is 0 Å². The number of ether oxygens (including phenoxy) is 1. The van der Waals surface area contributed by atoms with Crippen LogP contribution in [0.15, 0.2) is 0 Å². The third-order valence-electron chi connectivity index (χ3n) is 4.34. The Bertz CT molecular complexity index is 370. The summed E-state index contributed by atoms with van der Waals surface area (Å²) in [6.07, 6.45) is 1.85. The van der Waals surface area contributed by atoms with E-state index in [1.807, 2.05) is 20.8 Å². The van der Waals surface area contributed by atoms with E-state index in [0.717, 1.165) is 0 Å². The molecule has 0 radical (unpaired) electrons. The summed E-state index contributed by atoms with van der Waals surface area (Å²) in [4.78, 5) is 22.6. The topological polar surface area (TPSA) is 102 Å². The normalized spacial score (nSPS) is 27.7. The number of carbonyl (C=O) groups is 2. The number of nitrogens with one attached hydrogen (secondary N) is 1. The van der Waals surface area contributed by atoms with Crippen molar-refractivity contribution in [2.75, 3.05) is 13.2 Å². The molecule has 0 bridgehead atoms. The summed E-state index contributed by atoms with van der Waals surface area (Å²) in [5.74, 6) is -0.986. The van der Waals surface area contributed by atoms with E-state index in [0.29, 0.717) is 32.4 Å². The molecule has 20 heavy (non-hydrogen) atoms.